The van der Waals surface area contributed by atoms with E-state index in [4.69, 9.17) is 10.5 Å². The average Bonchev–Trinajstić information content (AvgIpc) is 2.74. The molecule has 0 aliphatic rings. The van der Waals surface area contributed by atoms with Gasteiger partial charge in [0.2, 0.25) is 5.88 Å². The normalized spacial score (nSPS) is 10.1. The lowest BCUT2D eigenvalue weighted by Gasteiger charge is -2.09. The molecule has 0 fully saturated rings. The van der Waals surface area contributed by atoms with Gasteiger partial charge in [-0.15, -0.1) is 0 Å². The van der Waals surface area contributed by atoms with Crippen LogP contribution in [0.4, 0.5) is 4.79 Å². The van der Waals surface area contributed by atoms with Crippen LogP contribution in [-0.2, 0) is 0 Å². The largest absolute Gasteiger partial charge is 0.494 e. The number of carbonyl (C=O) groups excluding carboxylic acids is 1. The summed E-state index contributed by atoms with van der Waals surface area (Å²) < 4.78 is 11.6. The summed E-state index contributed by atoms with van der Waals surface area (Å²) in [5, 5.41) is 0. The average molecular weight is 248 g/mol. The van der Waals surface area contributed by atoms with Crippen LogP contribution in [0.25, 0.3) is 5.69 Å². The van der Waals surface area contributed by atoms with Crippen LogP contribution in [0.1, 0.15) is 5.69 Å². The van der Waals surface area contributed by atoms with Crippen LogP contribution in [-0.4, -0.2) is 27.7 Å². The zero-order chi connectivity index (χ0) is 13.1. The number of aromatic nitrogens is 3. The van der Waals surface area contributed by atoms with Gasteiger partial charge >= 0.3 is 6.09 Å². The zero-order valence-electron chi connectivity index (χ0n) is 9.95. The quantitative estimate of drug-likeness (QED) is 0.876. The molecule has 0 bridgehead atoms. The molecule has 0 saturated carbocycles. The van der Waals surface area contributed by atoms with Crippen LogP contribution >= 0.6 is 0 Å². The van der Waals surface area contributed by atoms with E-state index in [-0.39, 0.29) is 5.88 Å². The summed E-state index contributed by atoms with van der Waals surface area (Å²) >= 11 is 0. The van der Waals surface area contributed by atoms with Crippen molar-refractivity contribution in [2.45, 2.75) is 6.92 Å². The number of aryl methyl sites for hydroxylation is 1. The predicted octanol–water partition coefficient (Wildman–Crippen LogP) is 1.04. The van der Waals surface area contributed by atoms with E-state index in [0.29, 0.717) is 11.4 Å². The molecule has 0 aliphatic carbocycles. The summed E-state index contributed by atoms with van der Waals surface area (Å²) in [6.07, 6.45) is 4.06. The number of amides is 1. The van der Waals surface area contributed by atoms with Crippen molar-refractivity contribution in [3.05, 3.63) is 30.5 Å². The summed E-state index contributed by atoms with van der Waals surface area (Å²) in [6.45, 7) is 1.88. The van der Waals surface area contributed by atoms with Gasteiger partial charge in [0.1, 0.15) is 11.4 Å². The molecule has 7 heteroatoms. The number of carbonyl (C=O) groups is 1. The maximum absolute atomic E-state index is 10.6. The Hall–Kier alpha value is -2.57. The molecule has 94 valence electrons. The fraction of sp³-hybridized carbons (Fsp3) is 0.182. The molecule has 2 rings (SSSR count). The minimum Gasteiger partial charge on any atom is -0.494 e. The number of imidazole rings is 1. The van der Waals surface area contributed by atoms with E-state index < -0.39 is 6.09 Å². The molecule has 2 heterocycles. The first kappa shape index (κ1) is 11.9. The summed E-state index contributed by atoms with van der Waals surface area (Å²) in [6, 6.07) is 1.48. The maximum Gasteiger partial charge on any atom is 0.411 e. The lowest BCUT2D eigenvalue weighted by Crippen LogP contribution is -2.17. The molecule has 2 N–H and O–H groups in total. The summed E-state index contributed by atoms with van der Waals surface area (Å²) in [5.74, 6) is 0.582. The van der Waals surface area contributed by atoms with Crippen molar-refractivity contribution in [2.75, 3.05) is 7.11 Å². The Labute approximate surface area is 103 Å². The highest BCUT2D eigenvalue weighted by Gasteiger charge is 2.10. The number of methoxy groups -OCH3 is 1. The lowest BCUT2D eigenvalue weighted by molar-refractivity contribution is 0.209. The van der Waals surface area contributed by atoms with Crippen LogP contribution < -0.4 is 15.2 Å². The Morgan fingerprint density at radius 3 is 2.78 bits per heavy atom. The smallest absolute Gasteiger partial charge is 0.411 e. The van der Waals surface area contributed by atoms with Gasteiger partial charge < -0.3 is 19.8 Å². The van der Waals surface area contributed by atoms with Crippen molar-refractivity contribution in [3.8, 4) is 17.3 Å². The van der Waals surface area contributed by atoms with Crippen LogP contribution in [0.3, 0.4) is 0 Å². The van der Waals surface area contributed by atoms with Crippen molar-refractivity contribution in [2.24, 2.45) is 5.73 Å². The fourth-order valence-corrected chi connectivity index (χ4v) is 1.48. The van der Waals surface area contributed by atoms with Gasteiger partial charge in [-0.2, -0.15) is 0 Å². The molecule has 2 aromatic rings. The van der Waals surface area contributed by atoms with Crippen LogP contribution in [0.2, 0.25) is 0 Å². The van der Waals surface area contributed by atoms with E-state index in [9.17, 15) is 4.79 Å². The number of hydrogen-bond acceptors (Lipinski definition) is 5. The third-order valence-corrected chi connectivity index (χ3v) is 2.24. The van der Waals surface area contributed by atoms with Crippen LogP contribution in [0.5, 0.6) is 11.6 Å². The fourth-order valence-electron chi connectivity index (χ4n) is 1.48. The van der Waals surface area contributed by atoms with Crippen molar-refractivity contribution in [1.29, 1.82) is 0 Å². The third-order valence-electron chi connectivity index (χ3n) is 2.24. The topological polar surface area (TPSA) is 92.3 Å². The SMILES string of the molecule is COc1cc(OC(N)=O)ncc1-n1cnc(C)c1. The summed E-state index contributed by atoms with van der Waals surface area (Å²) in [7, 11) is 1.51. The Morgan fingerprint density at radius 2 is 2.22 bits per heavy atom. The number of nitrogens with two attached hydrogens (primary N) is 1. The molecule has 0 radical (unpaired) electrons. The summed E-state index contributed by atoms with van der Waals surface area (Å²) in [5.41, 5.74) is 6.47. The van der Waals surface area contributed by atoms with Crippen molar-refractivity contribution >= 4 is 6.09 Å². The number of pyridine rings is 1. The van der Waals surface area contributed by atoms with Crippen molar-refractivity contribution < 1.29 is 14.3 Å². The van der Waals surface area contributed by atoms with E-state index in [1.54, 1.807) is 10.9 Å². The van der Waals surface area contributed by atoms with Crippen LogP contribution in [0, 0.1) is 6.92 Å². The van der Waals surface area contributed by atoms with Crippen LogP contribution in [0.15, 0.2) is 24.8 Å². The number of nitrogens with zero attached hydrogens (tertiary/aromatic N) is 3. The van der Waals surface area contributed by atoms with Crippen molar-refractivity contribution in [3.63, 3.8) is 0 Å². The summed E-state index contributed by atoms with van der Waals surface area (Å²) in [4.78, 5) is 18.7. The van der Waals surface area contributed by atoms with E-state index in [1.807, 2.05) is 13.1 Å². The van der Waals surface area contributed by atoms with Gasteiger partial charge in [0, 0.05) is 12.3 Å². The van der Waals surface area contributed by atoms with Gasteiger partial charge in [-0.25, -0.2) is 14.8 Å². The highest BCUT2D eigenvalue weighted by Crippen LogP contribution is 2.25. The molecule has 2 aromatic heterocycles. The molecule has 18 heavy (non-hydrogen) atoms. The first-order valence-corrected chi connectivity index (χ1v) is 5.12. The number of rotatable bonds is 3. The van der Waals surface area contributed by atoms with Gasteiger partial charge in [-0.05, 0) is 6.92 Å². The molecule has 0 atom stereocenters. The molecular weight excluding hydrogens is 236 g/mol. The number of ether oxygens (including phenoxy) is 2. The van der Waals surface area contributed by atoms with E-state index in [0.717, 1.165) is 5.69 Å². The molecular formula is C11H12N4O3. The van der Waals surface area contributed by atoms with Crippen molar-refractivity contribution in [1.82, 2.24) is 14.5 Å². The molecule has 0 aliphatic heterocycles. The van der Waals surface area contributed by atoms with E-state index in [1.165, 1.54) is 19.4 Å². The highest BCUT2D eigenvalue weighted by atomic mass is 16.6. The first-order valence-electron chi connectivity index (χ1n) is 5.12. The molecule has 0 saturated heterocycles. The molecule has 1 amide bonds. The molecule has 0 aromatic carbocycles. The molecule has 0 spiro atoms. The second kappa shape index (κ2) is 4.74. The Morgan fingerprint density at radius 1 is 1.44 bits per heavy atom. The first-order chi connectivity index (χ1) is 8.60. The molecule has 7 nitrogen and oxygen atoms in total. The molecule has 0 unspecified atom stereocenters. The van der Waals surface area contributed by atoms with Gasteiger partial charge in [0.15, 0.2) is 0 Å². The third kappa shape index (κ3) is 2.40. The standard InChI is InChI=1S/C11H12N4O3/c1-7-5-15(6-14-7)8-4-13-10(18-11(12)16)3-9(8)17-2/h3-6H,1-2H3,(H2,12,16). The Bertz CT molecular complexity index is 579. The Balaban J connectivity index is 2.40. The van der Waals surface area contributed by atoms with E-state index in [2.05, 4.69) is 14.7 Å². The Kier molecular flexibility index (Phi) is 3.13. The number of hydrogen-bond donors (Lipinski definition) is 1. The maximum atomic E-state index is 10.6. The van der Waals surface area contributed by atoms with Gasteiger partial charge in [0.25, 0.3) is 0 Å². The van der Waals surface area contributed by atoms with Gasteiger partial charge in [-0.1, -0.05) is 0 Å². The minimum absolute atomic E-state index is 0.0833. The number of primary amides is 1. The zero-order valence-corrected chi connectivity index (χ0v) is 9.95. The lowest BCUT2D eigenvalue weighted by atomic mass is 10.3. The second-order valence-corrected chi connectivity index (χ2v) is 3.54. The minimum atomic E-state index is -0.921. The predicted molar refractivity (Wildman–Crippen MR) is 62.9 cm³/mol. The van der Waals surface area contributed by atoms with E-state index >= 15 is 0 Å². The second-order valence-electron chi connectivity index (χ2n) is 3.54. The highest BCUT2D eigenvalue weighted by molar-refractivity contribution is 5.67. The van der Waals surface area contributed by atoms with Gasteiger partial charge in [-0.3, -0.25) is 0 Å². The monoisotopic (exact) mass is 248 g/mol. The van der Waals surface area contributed by atoms with Gasteiger partial charge in [0.05, 0.1) is 25.3 Å².